The smallest absolute Gasteiger partial charge is 0.109 e. The van der Waals surface area contributed by atoms with E-state index in [0.717, 1.165) is 17.0 Å². The van der Waals surface area contributed by atoms with Gasteiger partial charge in [-0.25, -0.2) is 4.98 Å². The van der Waals surface area contributed by atoms with E-state index in [1.165, 1.54) is 0 Å². The fourth-order valence-electron chi connectivity index (χ4n) is 1.81. The van der Waals surface area contributed by atoms with Gasteiger partial charge in [0.25, 0.3) is 0 Å². The Balaban J connectivity index is 2.04. The average molecular weight is 292 g/mol. The number of benzene rings is 1. The Bertz CT molecular complexity index is 575. The van der Waals surface area contributed by atoms with E-state index in [-0.39, 0.29) is 6.04 Å². The second-order valence-electron chi connectivity index (χ2n) is 4.13. The van der Waals surface area contributed by atoms with Crippen molar-refractivity contribution in [2.75, 3.05) is 0 Å². The Morgan fingerprint density at radius 2 is 2.37 bits per heavy atom. The highest BCUT2D eigenvalue weighted by Gasteiger charge is 2.12. The van der Waals surface area contributed by atoms with E-state index < -0.39 is 0 Å². The van der Waals surface area contributed by atoms with Crippen LogP contribution in [0.2, 0.25) is 5.02 Å². The Kier molecular flexibility index (Phi) is 4.92. The summed E-state index contributed by atoms with van der Waals surface area (Å²) < 4.78 is 0. The molecule has 0 spiro atoms. The fourth-order valence-corrected chi connectivity index (χ4v) is 2.85. The van der Waals surface area contributed by atoms with Crippen molar-refractivity contribution in [1.29, 1.82) is 5.26 Å². The number of halogens is 1. The number of rotatable bonds is 5. The minimum absolute atomic E-state index is 0.242. The summed E-state index contributed by atoms with van der Waals surface area (Å²) >= 11 is 7.81. The molecule has 3 nitrogen and oxygen atoms in total. The number of nitriles is 1. The van der Waals surface area contributed by atoms with Crippen molar-refractivity contribution in [3.63, 3.8) is 0 Å². The fraction of sp³-hybridized carbons (Fsp3) is 0.286. The zero-order valence-electron chi connectivity index (χ0n) is 10.6. The molecule has 1 unspecified atom stereocenters. The number of thiazole rings is 1. The van der Waals surface area contributed by atoms with Crippen molar-refractivity contribution in [3.8, 4) is 6.07 Å². The van der Waals surface area contributed by atoms with Gasteiger partial charge in [-0.2, -0.15) is 5.26 Å². The number of aromatic nitrogens is 1. The van der Waals surface area contributed by atoms with Crippen LogP contribution in [0, 0.1) is 11.3 Å². The summed E-state index contributed by atoms with van der Waals surface area (Å²) in [6.45, 7) is 2.79. The Hall–Kier alpha value is -1.41. The summed E-state index contributed by atoms with van der Waals surface area (Å²) in [7, 11) is 0. The zero-order chi connectivity index (χ0) is 13.7. The molecule has 1 aromatic carbocycles. The standard InChI is InChI=1S/C14H14ClN3S/c1-2-13(14-17-5-6-19-14)18-9-11-4-3-10(8-16)7-12(11)15/h3-7,13,18H,2,9H2,1H3. The van der Waals surface area contributed by atoms with Gasteiger partial charge < -0.3 is 5.32 Å². The number of hydrogen-bond donors (Lipinski definition) is 1. The van der Waals surface area contributed by atoms with E-state index >= 15 is 0 Å². The summed E-state index contributed by atoms with van der Waals surface area (Å²) in [5, 5.41) is 15.9. The molecule has 0 saturated heterocycles. The van der Waals surface area contributed by atoms with Crippen LogP contribution in [0.4, 0.5) is 0 Å². The van der Waals surface area contributed by atoms with Crippen LogP contribution in [0.25, 0.3) is 0 Å². The van der Waals surface area contributed by atoms with E-state index in [1.54, 1.807) is 23.5 Å². The van der Waals surface area contributed by atoms with Crippen LogP contribution in [-0.4, -0.2) is 4.98 Å². The molecule has 5 heteroatoms. The minimum atomic E-state index is 0.242. The predicted octanol–water partition coefficient (Wildman–Crippen LogP) is 3.91. The molecule has 0 fully saturated rings. The van der Waals surface area contributed by atoms with Gasteiger partial charge in [0, 0.05) is 23.1 Å². The summed E-state index contributed by atoms with van der Waals surface area (Å²) in [4.78, 5) is 4.33. The lowest BCUT2D eigenvalue weighted by Crippen LogP contribution is -2.20. The maximum atomic E-state index is 8.80. The SMILES string of the molecule is CCC(NCc1ccc(C#N)cc1Cl)c1nccs1. The first-order valence-electron chi connectivity index (χ1n) is 6.06. The average Bonchev–Trinajstić information content (AvgIpc) is 2.95. The third-order valence-electron chi connectivity index (χ3n) is 2.88. The van der Waals surface area contributed by atoms with Crippen LogP contribution in [0.1, 0.15) is 35.5 Å². The van der Waals surface area contributed by atoms with Crippen LogP contribution in [0.15, 0.2) is 29.8 Å². The molecular formula is C14H14ClN3S. The molecular weight excluding hydrogens is 278 g/mol. The van der Waals surface area contributed by atoms with Gasteiger partial charge in [-0.3, -0.25) is 0 Å². The molecule has 1 N–H and O–H groups in total. The molecule has 1 heterocycles. The molecule has 98 valence electrons. The summed E-state index contributed by atoms with van der Waals surface area (Å²) in [5.41, 5.74) is 1.58. The third-order valence-corrected chi connectivity index (χ3v) is 4.12. The Morgan fingerprint density at radius 1 is 1.53 bits per heavy atom. The molecule has 0 aliphatic rings. The molecule has 1 aromatic heterocycles. The van der Waals surface area contributed by atoms with Crippen LogP contribution >= 0.6 is 22.9 Å². The first-order valence-corrected chi connectivity index (χ1v) is 7.31. The van der Waals surface area contributed by atoms with E-state index in [4.69, 9.17) is 16.9 Å². The molecule has 2 aromatic rings. The third kappa shape index (κ3) is 3.54. The van der Waals surface area contributed by atoms with Crippen molar-refractivity contribution in [2.24, 2.45) is 0 Å². The largest absolute Gasteiger partial charge is 0.304 e. The Morgan fingerprint density at radius 3 is 2.95 bits per heavy atom. The van der Waals surface area contributed by atoms with Gasteiger partial charge >= 0.3 is 0 Å². The van der Waals surface area contributed by atoms with Crippen LogP contribution < -0.4 is 5.32 Å². The van der Waals surface area contributed by atoms with Crippen molar-refractivity contribution >= 4 is 22.9 Å². The highest BCUT2D eigenvalue weighted by molar-refractivity contribution is 7.09. The van der Waals surface area contributed by atoms with Gasteiger partial charge in [-0.15, -0.1) is 11.3 Å². The van der Waals surface area contributed by atoms with Crippen molar-refractivity contribution in [1.82, 2.24) is 10.3 Å². The lowest BCUT2D eigenvalue weighted by Gasteiger charge is -2.15. The van der Waals surface area contributed by atoms with Gasteiger partial charge in [0.2, 0.25) is 0 Å². The van der Waals surface area contributed by atoms with Gasteiger partial charge in [0.15, 0.2) is 0 Å². The van der Waals surface area contributed by atoms with Crippen molar-refractivity contribution < 1.29 is 0 Å². The zero-order valence-corrected chi connectivity index (χ0v) is 12.1. The molecule has 2 rings (SSSR count). The summed E-state index contributed by atoms with van der Waals surface area (Å²) in [6, 6.07) is 7.70. The first-order chi connectivity index (χ1) is 9.24. The molecule has 19 heavy (non-hydrogen) atoms. The number of nitrogens with one attached hydrogen (secondary N) is 1. The molecule has 0 bridgehead atoms. The lowest BCUT2D eigenvalue weighted by molar-refractivity contribution is 0.517. The molecule has 0 aliphatic carbocycles. The molecule has 0 aliphatic heterocycles. The number of hydrogen-bond acceptors (Lipinski definition) is 4. The number of nitrogens with zero attached hydrogens (tertiary/aromatic N) is 2. The van der Waals surface area contributed by atoms with Gasteiger partial charge in [-0.1, -0.05) is 24.6 Å². The second-order valence-corrected chi connectivity index (χ2v) is 5.46. The van der Waals surface area contributed by atoms with E-state index in [0.29, 0.717) is 17.1 Å². The lowest BCUT2D eigenvalue weighted by atomic mass is 10.1. The summed E-state index contributed by atoms with van der Waals surface area (Å²) in [6.07, 6.45) is 2.79. The monoisotopic (exact) mass is 291 g/mol. The van der Waals surface area contributed by atoms with E-state index in [2.05, 4.69) is 23.3 Å². The molecule has 1 atom stereocenters. The normalized spacial score (nSPS) is 12.1. The molecule has 0 radical (unpaired) electrons. The molecule has 0 amide bonds. The van der Waals surface area contributed by atoms with Gasteiger partial charge in [0.05, 0.1) is 17.7 Å². The van der Waals surface area contributed by atoms with Crippen LogP contribution in [0.3, 0.4) is 0 Å². The topological polar surface area (TPSA) is 48.7 Å². The predicted molar refractivity (Wildman–Crippen MR) is 78.2 cm³/mol. The van der Waals surface area contributed by atoms with Crippen LogP contribution in [0.5, 0.6) is 0 Å². The van der Waals surface area contributed by atoms with Gasteiger partial charge in [-0.05, 0) is 24.1 Å². The second kappa shape index (κ2) is 6.67. The highest BCUT2D eigenvalue weighted by atomic mass is 35.5. The first kappa shape index (κ1) is 14.0. The van der Waals surface area contributed by atoms with E-state index in [1.807, 2.05) is 17.6 Å². The van der Waals surface area contributed by atoms with Gasteiger partial charge in [0.1, 0.15) is 5.01 Å². The van der Waals surface area contributed by atoms with E-state index in [9.17, 15) is 0 Å². The maximum absolute atomic E-state index is 8.80. The van der Waals surface area contributed by atoms with Crippen molar-refractivity contribution in [2.45, 2.75) is 25.9 Å². The quantitative estimate of drug-likeness (QED) is 0.908. The Labute approximate surface area is 121 Å². The minimum Gasteiger partial charge on any atom is -0.304 e. The van der Waals surface area contributed by atoms with Crippen LogP contribution in [-0.2, 0) is 6.54 Å². The molecule has 0 saturated carbocycles. The maximum Gasteiger partial charge on any atom is 0.109 e. The highest BCUT2D eigenvalue weighted by Crippen LogP contribution is 2.22. The van der Waals surface area contributed by atoms with Crippen molar-refractivity contribution in [3.05, 3.63) is 50.9 Å². The summed E-state index contributed by atoms with van der Waals surface area (Å²) in [5.74, 6) is 0.